The lowest BCUT2D eigenvalue weighted by Gasteiger charge is -2.35. The molecule has 2 N–H and O–H groups in total. The highest BCUT2D eigenvalue weighted by molar-refractivity contribution is 5.85. The Morgan fingerprint density at radius 3 is 2.55 bits per heavy atom. The summed E-state index contributed by atoms with van der Waals surface area (Å²) >= 11 is 0. The van der Waals surface area contributed by atoms with E-state index in [1.54, 1.807) is 7.11 Å². The quantitative estimate of drug-likeness (QED) is 0.666. The second-order valence-electron chi connectivity index (χ2n) is 3.51. The van der Waals surface area contributed by atoms with Crippen molar-refractivity contribution in [3.63, 3.8) is 0 Å². The molecule has 11 heavy (non-hydrogen) atoms. The monoisotopic (exact) mass is 179 g/mol. The van der Waals surface area contributed by atoms with Crippen LogP contribution in [0.5, 0.6) is 0 Å². The molecule has 1 aliphatic rings. The van der Waals surface area contributed by atoms with Crippen LogP contribution in [0, 0.1) is 0 Å². The van der Waals surface area contributed by atoms with Gasteiger partial charge in [-0.1, -0.05) is 0 Å². The molecule has 0 aromatic heterocycles. The van der Waals surface area contributed by atoms with Gasteiger partial charge in [0, 0.05) is 13.2 Å². The molecule has 0 radical (unpaired) electrons. The zero-order valence-electron chi connectivity index (χ0n) is 7.30. The van der Waals surface area contributed by atoms with Crippen LogP contribution in [-0.4, -0.2) is 18.8 Å². The predicted molar refractivity (Wildman–Crippen MR) is 49.1 cm³/mol. The van der Waals surface area contributed by atoms with Crippen LogP contribution in [0.2, 0.25) is 0 Å². The van der Waals surface area contributed by atoms with Crippen LogP contribution in [0.1, 0.15) is 32.6 Å². The lowest BCUT2D eigenvalue weighted by atomic mass is 9.83. The van der Waals surface area contributed by atoms with Crippen LogP contribution >= 0.6 is 12.4 Å². The van der Waals surface area contributed by atoms with E-state index in [4.69, 9.17) is 10.5 Å². The molecule has 1 aliphatic carbocycles. The van der Waals surface area contributed by atoms with Crippen LogP contribution in [0.25, 0.3) is 0 Å². The van der Waals surface area contributed by atoms with Crippen LogP contribution in [-0.2, 0) is 4.74 Å². The molecule has 0 aromatic carbocycles. The summed E-state index contributed by atoms with van der Waals surface area (Å²) in [6, 6.07) is 0.360. The van der Waals surface area contributed by atoms with E-state index in [9.17, 15) is 0 Å². The van der Waals surface area contributed by atoms with Crippen molar-refractivity contribution >= 4 is 12.4 Å². The van der Waals surface area contributed by atoms with Gasteiger partial charge in [0.25, 0.3) is 0 Å². The number of halogens is 1. The van der Waals surface area contributed by atoms with Crippen LogP contribution in [0.3, 0.4) is 0 Å². The Morgan fingerprint density at radius 1 is 1.55 bits per heavy atom. The molecule has 0 spiro atoms. The van der Waals surface area contributed by atoms with Crippen LogP contribution in [0.4, 0.5) is 0 Å². The maximum atomic E-state index is 5.81. The number of nitrogens with two attached hydrogens (primary N) is 1. The zero-order valence-corrected chi connectivity index (χ0v) is 8.12. The summed E-state index contributed by atoms with van der Waals surface area (Å²) in [6.45, 7) is 2.14. The molecule has 0 heterocycles. The van der Waals surface area contributed by atoms with Crippen molar-refractivity contribution in [3.8, 4) is 0 Å². The summed E-state index contributed by atoms with van der Waals surface area (Å²) in [5.41, 5.74) is 5.87. The third-order valence-electron chi connectivity index (χ3n) is 2.47. The zero-order chi connectivity index (χ0) is 7.61. The molecular weight excluding hydrogens is 162 g/mol. The molecule has 0 bridgehead atoms. The Balaban J connectivity index is 0.000001000. The number of ether oxygens (including phenoxy) is 1. The molecule has 2 unspecified atom stereocenters. The summed E-state index contributed by atoms with van der Waals surface area (Å²) in [4.78, 5) is 0. The molecule has 1 rings (SSSR count). The fraction of sp³-hybridized carbons (Fsp3) is 1.00. The highest BCUT2D eigenvalue weighted by Crippen LogP contribution is 2.29. The minimum absolute atomic E-state index is 0. The topological polar surface area (TPSA) is 35.2 Å². The van der Waals surface area contributed by atoms with Gasteiger partial charge < -0.3 is 10.5 Å². The summed E-state index contributed by atoms with van der Waals surface area (Å²) in [7, 11) is 1.78. The SMILES string of the molecule is COC1(C)CCCC(N)C1.Cl. The molecule has 2 nitrogen and oxygen atoms in total. The Kier molecular flexibility index (Phi) is 4.37. The van der Waals surface area contributed by atoms with Crippen molar-refractivity contribution in [1.29, 1.82) is 0 Å². The van der Waals surface area contributed by atoms with Gasteiger partial charge >= 0.3 is 0 Å². The average molecular weight is 180 g/mol. The maximum absolute atomic E-state index is 5.81. The summed E-state index contributed by atoms with van der Waals surface area (Å²) in [5.74, 6) is 0. The standard InChI is InChI=1S/C8H17NO.ClH/c1-8(10-2)5-3-4-7(9)6-8;/h7H,3-6,9H2,1-2H3;1H. The van der Waals surface area contributed by atoms with Crippen molar-refractivity contribution in [2.45, 2.75) is 44.2 Å². The van der Waals surface area contributed by atoms with Gasteiger partial charge in [-0.15, -0.1) is 12.4 Å². The van der Waals surface area contributed by atoms with E-state index in [1.165, 1.54) is 12.8 Å². The van der Waals surface area contributed by atoms with Gasteiger partial charge in [0.2, 0.25) is 0 Å². The predicted octanol–water partition coefficient (Wildman–Crippen LogP) is 1.71. The molecule has 1 saturated carbocycles. The second kappa shape index (κ2) is 4.29. The molecule has 0 saturated heterocycles. The molecule has 0 amide bonds. The summed E-state index contributed by atoms with van der Waals surface area (Å²) in [6.07, 6.45) is 4.56. The van der Waals surface area contributed by atoms with Crippen molar-refractivity contribution in [2.24, 2.45) is 5.73 Å². The first-order valence-corrected chi connectivity index (χ1v) is 3.97. The van der Waals surface area contributed by atoms with E-state index >= 15 is 0 Å². The third kappa shape index (κ3) is 2.97. The fourth-order valence-electron chi connectivity index (χ4n) is 1.68. The fourth-order valence-corrected chi connectivity index (χ4v) is 1.68. The number of hydrogen-bond donors (Lipinski definition) is 1. The maximum Gasteiger partial charge on any atom is 0.0665 e. The first kappa shape index (κ1) is 11.2. The van der Waals surface area contributed by atoms with E-state index in [1.807, 2.05) is 0 Å². The van der Waals surface area contributed by atoms with E-state index in [2.05, 4.69) is 6.92 Å². The van der Waals surface area contributed by atoms with Crippen molar-refractivity contribution in [2.75, 3.05) is 7.11 Å². The Hall–Kier alpha value is 0.210. The highest BCUT2D eigenvalue weighted by Gasteiger charge is 2.29. The van der Waals surface area contributed by atoms with Crippen LogP contribution in [0.15, 0.2) is 0 Å². The van der Waals surface area contributed by atoms with Gasteiger partial charge in [0.1, 0.15) is 0 Å². The lowest BCUT2D eigenvalue weighted by molar-refractivity contribution is -0.0283. The molecule has 3 heteroatoms. The van der Waals surface area contributed by atoms with Gasteiger partial charge in [-0.05, 0) is 32.6 Å². The van der Waals surface area contributed by atoms with Crippen LogP contribution < -0.4 is 5.73 Å². The highest BCUT2D eigenvalue weighted by atomic mass is 35.5. The molecule has 0 aromatic rings. The van der Waals surface area contributed by atoms with E-state index in [0.717, 1.165) is 12.8 Å². The molecular formula is C8H18ClNO. The first-order chi connectivity index (χ1) is 4.66. The van der Waals surface area contributed by atoms with Gasteiger partial charge in [0.05, 0.1) is 5.60 Å². The molecule has 68 valence electrons. The molecule has 0 aliphatic heterocycles. The normalized spacial score (nSPS) is 37.9. The molecule has 2 atom stereocenters. The average Bonchev–Trinajstić information content (AvgIpc) is 1.88. The third-order valence-corrected chi connectivity index (χ3v) is 2.47. The Morgan fingerprint density at radius 2 is 2.18 bits per heavy atom. The lowest BCUT2D eigenvalue weighted by Crippen LogP contribution is -2.40. The summed E-state index contributed by atoms with van der Waals surface area (Å²) < 4.78 is 5.37. The summed E-state index contributed by atoms with van der Waals surface area (Å²) in [5, 5.41) is 0. The number of methoxy groups -OCH3 is 1. The smallest absolute Gasteiger partial charge is 0.0665 e. The minimum Gasteiger partial charge on any atom is -0.378 e. The van der Waals surface area contributed by atoms with E-state index in [0.29, 0.717) is 6.04 Å². The van der Waals surface area contributed by atoms with E-state index in [-0.39, 0.29) is 18.0 Å². The largest absolute Gasteiger partial charge is 0.378 e. The van der Waals surface area contributed by atoms with Gasteiger partial charge in [-0.2, -0.15) is 0 Å². The number of hydrogen-bond acceptors (Lipinski definition) is 2. The first-order valence-electron chi connectivity index (χ1n) is 3.97. The number of rotatable bonds is 1. The Bertz CT molecular complexity index is 121. The van der Waals surface area contributed by atoms with Crippen molar-refractivity contribution in [1.82, 2.24) is 0 Å². The molecule has 1 fully saturated rings. The Labute approximate surface area is 74.9 Å². The van der Waals surface area contributed by atoms with Gasteiger partial charge in [-0.25, -0.2) is 0 Å². The van der Waals surface area contributed by atoms with E-state index < -0.39 is 0 Å². The van der Waals surface area contributed by atoms with Gasteiger partial charge in [-0.3, -0.25) is 0 Å². The van der Waals surface area contributed by atoms with Crippen molar-refractivity contribution in [3.05, 3.63) is 0 Å². The van der Waals surface area contributed by atoms with Crippen molar-refractivity contribution < 1.29 is 4.74 Å². The minimum atomic E-state index is 0. The second-order valence-corrected chi connectivity index (χ2v) is 3.51. The van der Waals surface area contributed by atoms with Gasteiger partial charge in [0.15, 0.2) is 0 Å².